The number of nitrogens with zero attached hydrogens (tertiary/aromatic N) is 2. The first-order chi connectivity index (χ1) is 12.2. The smallest absolute Gasteiger partial charge is 0.255 e. The number of anilines is 1. The fourth-order valence-electron chi connectivity index (χ4n) is 2.19. The molecule has 0 unspecified atom stereocenters. The Bertz CT molecular complexity index is 875. The van der Waals surface area contributed by atoms with E-state index in [1.165, 1.54) is 0 Å². The summed E-state index contributed by atoms with van der Waals surface area (Å²) in [5.74, 6) is 0.446. The maximum Gasteiger partial charge on any atom is 0.255 e. The molecule has 0 fully saturated rings. The Kier molecular flexibility index (Phi) is 5.16. The predicted molar refractivity (Wildman–Crippen MR) is 98.0 cm³/mol. The van der Waals surface area contributed by atoms with Gasteiger partial charge in [0.15, 0.2) is 0 Å². The highest BCUT2D eigenvalue weighted by Gasteiger charge is 2.07. The SMILES string of the molecule is COc1cccc(C(=O)Nc2ccc(N=Nc3ccccc3)cc2)c1. The van der Waals surface area contributed by atoms with Crippen molar-refractivity contribution in [1.82, 2.24) is 0 Å². The number of carbonyl (C=O) groups excluding carboxylic acids is 1. The maximum absolute atomic E-state index is 12.3. The third kappa shape index (κ3) is 4.51. The number of methoxy groups -OCH3 is 1. The van der Waals surface area contributed by atoms with Crippen LogP contribution in [0.5, 0.6) is 5.75 Å². The van der Waals surface area contributed by atoms with Crippen molar-refractivity contribution in [2.24, 2.45) is 10.2 Å². The number of amides is 1. The Balaban J connectivity index is 1.66. The van der Waals surface area contributed by atoms with Crippen LogP contribution in [0.4, 0.5) is 17.1 Å². The molecule has 1 N–H and O–H groups in total. The highest BCUT2D eigenvalue weighted by molar-refractivity contribution is 6.04. The number of ether oxygens (including phenoxy) is 1. The molecule has 25 heavy (non-hydrogen) atoms. The standard InChI is InChI=1S/C20H17N3O2/c1-25-19-9-5-6-15(14-19)20(24)21-16-10-12-18(13-11-16)23-22-17-7-3-2-4-8-17/h2-14H,1H3,(H,21,24). The first kappa shape index (κ1) is 16.4. The minimum absolute atomic E-state index is 0.197. The number of nitrogens with one attached hydrogen (secondary N) is 1. The fourth-order valence-corrected chi connectivity index (χ4v) is 2.19. The molecule has 3 aromatic rings. The average Bonchev–Trinajstić information content (AvgIpc) is 2.68. The van der Waals surface area contributed by atoms with Gasteiger partial charge < -0.3 is 10.1 Å². The first-order valence-corrected chi connectivity index (χ1v) is 7.77. The zero-order valence-electron chi connectivity index (χ0n) is 13.7. The van der Waals surface area contributed by atoms with Crippen LogP contribution < -0.4 is 10.1 Å². The second kappa shape index (κ2) is 7.88. The van der Waals surface area contributed by atoms with Crippen molar-refractivity contribution in [2.75, 3.05) is 12.4 Å². The molecule has 0 saturated heterocycles. The van der Waals surface area contributed by atoms with E-state index in [4.69, 9.17) is 4.74 Å². The molecule has 0 aliphatic carbocycles. The van der Waals surface area contributed by atoms with Gasteiger partial charge in [-0.2, -0.15) is 10.2 Å². The molecular formula is C20H17N3O2. The van der Waals surface area contributed by atoms with Crippen molar-refractivity contribution in [3.8, 4) is 5.75 Å². The van der Waals surface area contributed by atoms with E-state index in [9.17, 15) is 4.79 Å². The lowest BCUT2D eigenvalue weighted by atomic mass is 10.2. The summed E-state index contributed by atoms with van der Waals surface area (Å²) in [6, 6.07) is 23.7. The monoisotopic (exact) mass is 331 g/mol. The number of carbonyl (C=O) groups is 1. The Labute approximate surface area is 146 Å². The van der Waals surface area contributed by atoms with Crippen LogP contribution in [0.15, 0.2) is 89.1 Å². The number of hydrogen-bond donors (Lipinski definition) is 1. The van der Waals surface area contributed by atoms with E-state index in [0.29, 0.717) is 22.7 Å². The van der Waals surface area contributed by atoms with Gasteiger partial charge in [0.25, 0.3) is 5.91 Å². The van der Waals surface area contributed by atoms with E-state index in [-0.39, 0.29) is 5.91 Å². The van der Waals surface area contributed by atoms with E-state index < -0.39 is 0 Å². The van der Waals surface area contributed by atoms with Gasteiger partial charge in [0.1, 0.15) is 5.75 Å². The Hall–Kier alpha value is -3.47. The van der Waals surface area contributed by atoms with Crippen molar-refractivity contribution in [3.05, 3.63) is 84.4 Å². The first-order valence-electron chi connectivity index (χ1n) is 7.77. The molecule has 0 aliphatic heterocycles. The molecule has 0 atom stereocenters. The van der Waals surface area contributed by atoms with Crippen LogP contribution in [0.3, 0.4) is 0 Å². The van der Waals surface area contributed by atoms with Gasteiger partial charge in [0, 0.05) is 11.3 Å². The van der Waals surface area contributed by atoms with Crippen LogP contribution in [0, 0.1) is 0 Å². The summed E-state index contributed by atoms with van der Waals surface area (Å²) in [7, 11) is 1.57. The third-order valence-electron chi connectivity index (χ3n) is 3.49. The van der Waals surface area contributed by atoms with Crippen LogP contribution in [0.25, 0.3) is 0 Å². The van der Waals surface area contributed by atoms with Crippen molar-refractivity contribution in [1.29, 1.82) is 0 Å². The largest absolute Gasteiger partial charge is 0.497 e. The van der Waals surface area contributed by atoms with Crippen molar-refractivity contribution >= 4 is 23.0 Å². The van der Waals surface area contributed by atoms with E-state index in [1.807, 2.05) is 30.3 Å². The summed E-state index contributed by atoms with van der Waals surface area (Å²) >= 11 is 0. The highest BCUT2D eigenvalue weighted by atomic mass is 16.5. The van der Waals surface area contributed by atoms with Gasteiger partial charge in [0.2, 0.25) is 0 Å². The summed E-state index contributed by atoms with van der Waals surface area (Å²) in [6.45, 7) is 0. The lowest BCUT2D eigenvalue weighted by molar-refractivity contribution is 0.102. The van der Waals surface area contributed by atoms with E-state index in [2.05, 4.69) is 15.5 Å². The Morgan fingerprint density at radius 3 is 2.20 bits per heavy atom. The zero-order chi connectivity index (χ0) is 17.5. The van der Waals surface area contributed by atoms with Gasteiger partial charge in [-0.3, -0.25) is 4.79 Å². The topological polar surface area (TPSA) is 63.0 Å². The number of rotatable bonds is 5. The van der Waals surface area contributed by atoms with Crippen molar-refractivity contribution < 1.29 is 9.53 Å². The number of benzene rings is 3. The number of hydrogen-bond acceptors (Lipinski definition) is 4. The average molecular weight is 331 g/mol. The summed E-state index contributed by atoms with van der Waals surface area (Å²) in [6.07, 6.45) is 0. The maximum atomic E-state index is 12.3. The minimum Gasteiger partial charge on any atom is -0.497 e. The molecule has 124 valence electrons. The summed E-state index contributed by atoms with van der Waals surface area (Å²) < 4.78 is 5.13. The van der Waals surface area contributed by atoms with Crippen LogP contribution in [0.2, 0.25) is 0 Å². The molecule has 5 nitrogen and oxygen atoms in total. The molecular weight excluding hydrogens is 314 g/mol. The van der Waals surface area contributed by atoms with Gasteiger partial charge in [-0.1, -0.05) is 24.3 Å². The van der Waals surface area contributed by atoms with Crippen molar-refractivity contribution in [2.45, 2.75) is 0 Å². The van der Waals surface area contributed by atoms with Crippen LogP contribution in [0.1, 0.15) is 10.4 Å². The molecule has 0 radical (unpaired) electrons. The quantitative estimate of drug-likeness (QED) is 0.639. The third-order valence-corrected chi connectivity index (χ3v) is 3.49. The second-order valence-corrected chi connectivity index (χ2v) is 5.27. The van der Waals surface area contributed by atoms with Gasteiger partial charge in [-0.05, 0) is 54.6 Å². The van der Waals surface area contributed by atoms with Gasteiger partial charge >= 0.3 is 0 Å². The molecule has 0 heterocycles. The molecule has 0 bridgehead atoms. The lowest BCUT2D eigenvalue weighted by Crippen LogP contribution is -2.11. The van der Waals surface area contributed by atoms with Gasteiger partial charge in [-0.25, -0.2) is 0 Å². The molecule has 0 aromatic heterocycles. The molecule has 3 aromatic carbocycles. The van der Waals surface area contributed by atoms with E-state index in [1.54, 1.807) is 55.6 Å². The lowest BCUT2D eigenvalue weighted by Gasteiger charge is -2.06. The van der Waals surface area contributed by atoms with Gasteiger partial charge in [0.05, 0.1) is 18.5 Å². The highest BCUT2D eigenvalue weighted by Crippen LogP contribution is 2.21. The molecule has 0 saturated carbocycles. The minimum atomic E-state index is -0.197. The van der Waals surface area contributed by atoms with Crippen LogP contribution in [-0.2, 0) is 0 Å². The molecule has 1 amide bonds. The Morgan fingerprint density at radius 1 is 0.840 bits per heavy atom. The Morgan fingerprint density at radius 2 is 1.52 bits per heavy atom. The van der Waals surface area contributed by atoms with E-state index in [0.717, 1.165) is 5.69 Å². The predicted octanol–water partition coefficient (Wildman–Crippen LogP) is 5.36. The second-order valence-electron chi connectivity index (χ2n) is 5.27. The fraction of sp³-hybridized carbons (Fsp3) is 0.0500. The molecule has 3 rings (SSSR count). The zero-order valence-corrected chi connectivity index (χ0v) is 13.7. The van der Waals surface area contributed by atoms with Gasteiger partial charge in [-0.15, -0.1) is 0 Å². The van der Waals surface area contributed by atoms with Crippen LogP contribution >= 0.6 is 0 Å². The van der Waals surface area contributed by atoms with Crippen LogP contribution in [-0.4, -0.2) is 13.0 Å². The molecule has 0 aliphatic rings. The number of azo groups is 1. The molecule has 0 spiro atoms. The van der Waals surface area contributed by atoms with Crippen molar-refractivity contribution in [3.63, 3.8) is 0 Å². The summed E-state index contributed by atoms with van der Waals surface area (Å²) in [4.78, 5) is 12.3. The van der Waals surface area contributed by atoms with E-state index >= 15 is 0 Å². The summed E-state index contributed by atoms with van der Waals surface area (Å²) in [5, 5.41) is 11.2. The normalized spacial score (nSPS) is 10.6. The molecule has 5 heteroatoms. The summed E-state index contributed by atoms with van der Waals surface area (Å²) in [5.41, 5.74) is 2.72.